The molecule has 1 aromatic heterocycles. The minimum atomic E-state index is 0.409. The summed E-state index contributed by atoms with van der Waals surface area (Å²) < 4.78 is 1.19. The van der Waals surface area contributed by atoms with E-state index in [0.717, 1.165) is 19.4 Å². The van der Waals surface area contributed by atoms with E-state index in [-0.39, 0.29) is 0 Å². The molecule has 102 valence electrons. The fraction of sp³-hybridized carbons (Fsp3) is 0.375. The summed E-state index contributed by atoms with van der Waals surface area (Å²) in [6.45, 7) is 5.47. The molecule has 1 atom stereocenters. The molecule has 2 rings (SSSR count). The third-order valence-corrected chi connectivity index (χ3v) is 4.95. The van der Waals surface area contributed by atoms with E-state index >= 15 is 0 Å². The number of thiophene rings is 1. The Morgan fingerprint density at radius 1 is 1.32 bits per heavy atom. The Labute approximate surface area is 128 Å². The van der Waals surface area contributed by atoms with Crippen LogP contribution < -0.4 is 5.32 Å². The molecule has 0 saturated heterocycles. The lowest BCUT2D eigenvalue weighted by molar-refractivity contribution is 0.530. The van der Waals surface area contributed by atoms with Crippen LogP contribution in [0.2, 0.25) is 0 Å². The molecular weight excluding hydrogens is 318 g/mol. The monoisotopic (exact) mass is 337 g/mol. The van der Waals surface area contributed by atoms with E-state index < -0.39 is 0 Å². The van der Waals surface area contributed by atoms with Crippen LogP contribution in [0.3, 0.4) is 0 Å². The van der Waals surface area contributed by atoms with Gasteiger partial charge >= 0.3 is 0 Å². The molecule has 1 nitrogen and oxygen atoms in total. The first kappa shape index (κ1) is 14.8. The molecule has 0 bridgehead atoms. The first-order valence-electron chi connectivity index (χ1n) is 6.72. The average Bonchev–Trinajstić information content (AvgIpc) is 2.81. The summed E-state index contributed by atoms with van der Waals surface area (Å²) in [7, 11) is 0. The highest BCUT2D eigenvalue weighted by Crippen LogP contribution is 2.27. The minimum absolute atomic E-state index is 0.409. The number of benzene rings is 1. The molecule has 0 aliphatic carbocycles. The molecule has 19 heavy (non-hydrogen) atoms. The highest BCUT2D eigenvalue weighted by Gasteiger charge is 2.14. The molecule has 0 saturated carbocycles. The maximum Gasteiger partial charge on any atom is 0.0371 e. The molecule has 1 aromatic carbocycles. The average molecular weight is 338 g/mol. The second-order valence-electron chi connectivity index (χ2n) is 4.80. The van der Waals surface area contributed by atoms with Crippen molar-refractivity contribution in [3.05, 3.63) is 56.2 Å². The SMILES string of the molecule is CCCNC(Cc1cc(Br)cs1)c1ccccc1C. The third kappa shape index (κ3) is 4.16. The molecule has 0 fully saturated rings. The van der Waals surface area contributed by atoms with Gasteiger partial charge in [-0.1, -0.05) is 31.2 Å². The van der Waals surface area contributed by atoms with Crippen molar-refractivity contribution in [1.29, 1.82) is 0 Å². The smallest absolute Gasteiger partial charge is 0.0371 e. The van der Waals surface area contributed by atoms with E-state index in [2.05, 4.69) is 70.8 Å². The molecule has 1 unspecified atom stereocenters. The summed E-state index contributed by atoms with van der Waals surface area (Å²) >= 11 is 5.36. The van der Waals surface area contributed by atoms with Crippen molar-refractivity contribution in [3.8, 4) is 0 Å². The van der Waals surface area contributed by atoms with Gasteiger partial charge in [-0.15, -0.1) is 11.3 Å². The maximum absolute atomic E-state index is 3.68. The van der Waals surface area contributed by atoms with Crippen LogP contribution in [0.1, 0.15) is 35.4 Å². The first-order chi connectivity index (χ1) is 9.20. The molecule has 1 heterocycles. The Hall–Kier alpha value is -0.640. The van der Waals surface area contributed by atoms with Crippen LogP contribution in [0, 0.1) is 6.92 Å². The second-order valence-corrected chi connectivity index (χ2v) is 6.71. The molecule has 2 aromatic rings. The van der Waals surface area contributed by atoms with Gasteiger partial charge in [0.05, 0.1) is 0 Å². The number of hydrogen-bond donors (Lipinski definition) is 1. The van der Waals surface area contributed by atoms with Crippen LogP contribution in [0.25, 0.3) is 0 Å². The third-order valence-electron chi connectivity index (χ3n) is 3.23. The van der Waals surface area contributed by atoms with E-state index in [1.807, 2.05) is 11.3 Å². The van der Waals surface area contributed by atoms with E-state index in [0.29, 0.717) is 6.04 Å². The largest absolute Gasteiger partial charge is 0.310 e. The van der Waals surface area contributed by atoms with Gasteiger partial charge in [-0.05, 0) is 53.0 Å². The predicted octanol–water partition coefficient (Wildman–Crippen LogP) is 5.10. The zero-order valence-electron chi connectivity index (χ0n) is 11.4. The number of halogens is 1. The fourth-order valence-electron chi connectivity index (χ4n) is 2.25. The lowest BCUT2D eigenvalue weighted by Crippen LogP contribution is -2.24. The van der Waals surface area contributed by atoms with Gasteiger partial charge in [0, 0.05) is 27.2 Å². The van der Waals surface area contributed by atoms with Gasteiger partial charge in [0.2, 0.25) is 0 Å². The summed E-state index contributed by atoms with van der Waals surface area (Å²) in [5.74, 6) is 0. The van der Waals surface area contributed by atoms with Crippen LogP contribution in [0.15, 0.2) is 40.2 Å². The van der Waals surface area contributed by atoms with Crippen LogP contribution in [0.4, 0.5) is 0 Å². The highest BCUT2D eigenvalue weighted by atomic mass is 79.9. The van der Waals surface area contributed by atoms with Gasteiger partial charge in [-0.3, -0.25) is 0 Å². The van der Waals surface area contributed by atoms with Gasteiger partial charge in [0.1, 0.15) is 0 Å². The van der Waals surface area contributed by atoms with Crippen LogP contribution in [-0.4, -0.2) is 6.54 Å². The van der Waals surface area contributed by atoms with E-state index in [4.69, 9.17) is 0 Å². The molecule has 0 aliphatic heterocycles. The summed E-state index contributed by atoms with van der Waals surface area (Å²) in [5, 5.41) is 5.83. The van der Waals surface area contributed by atoms with Gasteiger partial charge in [-0.25, -0.2) is 0 Å². The van der Waals surface area contributed by atoms with Crippen molar-refractivity contribution < 1.29 is 0 Å². The lowest BCUT2D eigenvalue weighted by atomic mass is 9.98. The van der Waals surface area contributed by atoms with E-state index in [9.17, 15) is 0 Å². The Morgan fingerprint density at radius 3 is 2.74 bits per heavy atom. The van der Waals surface area contributed by atoms with E-state index in [1.165, 1.54) is 20.5 Å². The van der Waals surface area contributed by atoms with Gasteiger partial charge in [0.15, 0.2) is 0 Å². The number of nitrogens with one attached hydrogen (secondary N) is 1. The maximum atomic E-state index is 3.68. The topological polar surface area (TPSA) is 12.0 Å². The fourth-order valence-corrected chi connectivity index (χ4v) is 3.75. The Bertz CT molecular complexity index is 521. The zero-order valence-corrected chi connectivity index (χ0v) is 13.9. The summed E-state index contributed by atoms with van der Waals surface area (Å²) in [4.78, 5) is 1.42. The lowest BCUT2D eigenvalue weighted by Gasteiger charge is -2.20. The quantitative estimate of drug-likeness (QED) is 0.772. The molecule has 0 aliphatic rings. The van der Waals surface area contributed by atoms with Crippen LogP contribution in [-0.2, 0) is 6.42 Å². The Morgan fingerprint density at radius 2 is 2.11 bits per heavy atom. The van der Waals surface area contributed by atoms with Crippen molar-refractivity contribution in [3.63, 3.8) is 0 Å². The normalized spacial score (nSPS) is 12.6. The first-order valence-corrected chi connectivity index (χ1v) is 8.39. The Balaban J connectivity index is 2.18. The zero-order chi connectivity index (χ0) is 13.7. The van der Waals surface area contributed by atoms with Crippen molar-refractivity contribution in [2.75, 3.05) is 6.54 Å². The number of aryl methyl sites for hydroxylation is 1. The molecule has 0 amide bonds. The summed E-state index contributed by atoms with van der Waals surface area (Å²) in [6, 6.07) is 11.3. The summed E-state index contributed by atoms with van der Waals surface area (Å²) in [5.41, 5.74) is 2.78. The van der Waals surface area contributed by atoms with Gasteiger partial charge in [0.25, 0.3) is 0 Å². The van der Waals surface area contributed by atoms with Gasteiger partial charge < -0.3 is 5.32 Å². The predicted molar refractivity (Wildman–Crippen MR) is 87.9 cm³/mol. The minimum Gasteiger partial charge on any atom is -0.310 e. The van der Waals surface area contributed by atoms with Crippen molar-refractivity contribution >= 4 is 27.3 Å². The molecule has 1 N–H and O–H groups in total. The van der Waals surface area contributed by atoms with Crippen molar-refractivity contribution in [2.45, 2.75) is 32.7 Å². The second kappa shape index (κ2) is 7.22. The van der Waals surface area contributed by atoms with Crippen molar-refractivity contribution in [2.24, 2.45) is 0 Å². The Kier molecular flexibility index (Phi) is 5.61. The number of hydrogen-bond acceptors (Lipinski definition) is 2. The summed E-state index contributed by atoms with van der Waals surface area (Å²) in [6.07, 6.45) is 2.22. The standard InChI is InChI=1S/C16H20BrNS/c1-3-8-18-16(10-14-9-13(17)11-19-14)15-7-5-4-6-12(15)2/h4-7,9,11,16,18H,3,8,10H2,1-2H3. The molecule has 0 radical (unpaired) electrons. The molecular formula is C16H20BrNS. The van der Waals surface area contributed by atoms with E-state index in [1.54, 1.807) is 0 Å². The van der Waals surface area contributed by atoms with Crippen LogP contribution >= 0.6 is 27.3 Å². The van der Waals surface area contributed by atoms with Crippen molar-refractivity contribution in [1.82, 2.24) is 5.32 Å². The number of rotatable bonds is 6. The highest BCUT2D eigenvalue weighted by molar-refractivity contribution is 9.10. The molecule has 3 heteroatoms. The van der Waals surface area contributed by atoms with Crippen LogP contribution in [0.5, 0.6) is 0 Å². The van der Waals surface area contributed by atoms with Gasteiger partial charge in [-0.2, -0.15) is 0 Å². The molecule has 0 spiro atoms.